The second kappa shape index (κ2) is 5.37. The van der Waals surface area contributed by atoms with E-state index in [0.29, 0.717) is 11.5 Å². The molecule has 20 heavy (non-hydrogen) atoms. The molecular formula is C17H18O3. The summed E-state index contributed by atoms with van der Waals surface area (Å²) in [5, 5.41) is 9.27. The number of aromatic carboxylic acids is 1. The largest absolute Gasteiger partial charge is 0.478 e. The van der Waals surface area contributed by atoms with Crippen LogP contribution in [-0.4, -0.2) is 11.1 Å². The molecule has 0 bridgehead atoms. The van der Waals surface area contributed by atoms with Gasteiger partial charge in [0.2, 0.25) is 0 Å². The summed E-state index contributed by atoms with van der Waals surface area (Å²) in [7, 11) is 0. The molecule has 0 radical (unpaired) electrons. The highest BCUT2D eigenvalue weighted by molar-refractivity contribution is 5.91. The summed E-state index contributed by atoms with van der Waals surface area (Å²) in [6.45, 7) is 7.84. The van der Waals surface area contributed by atoms with Crippen LogP contribution < -0.4 is 4.74 Å². The number of para-hydroxylation sites is 1. The first-order valence-corrected chi connectivity index (χ1v) is 6.48. The predicted octanol–water partition coefficient (Wildman–Crippen LogP) is 4.41. The van der Waals surface area contributed by atoms with Gasteiger partial charge in [-0.2, -0.15) is 0 Å². The topological polar surface area (TPSA) is 46.5 Å². The standard InChI is InChI=1S/C17H18O3/c1-10-8-12(3)13(4)15(9-10)20-16-11(2)6-5-7-14(16)17(18)19/h5-9H,1-4H3,(H,18,19). The van der Waals surface area contributed by atoms with Gasteiger partial charge in [0, 0.05) is 0 Å². The lowest BCUT2D eigenvalue weighted by atomic mass is 10.1. The van der Waals surface area contributed by atoms with Crippen molar-refractivity contribution in [2.75, 3.05) is 0 Å². The quantitative estimate of drug-likeness (QED) is 0.898. The van der Waals surface area contributed by atoms with Gasteiger partial charge in [0.25, 0.3) is 0 Å². The van der Waals surface area contributed by atoms with E-state index < -0.39 is 5.97 Å². The molecule has 2 aromatic carbocycles. The van der Waals surface area contributed by atoms with Crippen molar-refractivity contribution in [3.8, 4) is 11.5 Å². The molecule has 3 heteroatoms. The number of carboxylic acid groups (broad SMARTS) is 1. The fourth-order valence-corrected chi connectivity index (χ4v) is 2.17. The molecule has 1 N–H and O–H groups in total. The first-order chi connectivity index (χ1) is 9.40. The first-order valence-electron chi connectivity index (χ1n) is 6.48. The summed E-state index contributed by atoms with van der Waals surface area (Å²) < 4.78 is 5.91. The molecule has 0 fully saturated rings. The maximum atomic E-state index is 11.3. The van der Waals surface area contributed by atoms with Crippen LogP contribution in [0.1, 0.15) is 32.6 Å². The maximum Gasteiger partial charge on any atom is 0.339 e. The minimum atomic E-state index is -0.981. The molecular weight excluding hydrogens is 252 g/mol. The summed E-state index contributed by atoms with van der Waals surface area (Å²) in [5.41, 5.74) is 4.24. The lowest BCUT2D eigenvalue weighted by Gasteiger charge is -2.15. The third kappa shape index (κ3) is 2.67. The van der Waals surface area contributed by atoms with E-state index in [-0.39, 0.29) is 5.56 Å². The van der Waals surface area contributed by atoms with Gasteiger partial charge in [-0.3, -0.25) is 0 Å². The summed E-state index contributed by atoms with van der Waals surface area (Å²) in [5.74, 6) is 0.137. The maximum absolute atomic E-state index is 11.3. The fraction of sp³-hybridized carbons (Fsp3) is 0.235. The zero-order chi connectivity index (χ0) is 14.9. The van der Waals surface area contributed by atoms with Crippen molar-refractivity contribution in [1.82, 2.24) is 0 Å². The summed E-state index contributed by atoms with van der Waals surface area (Å²) >= 11 is 0. The smallest absolute Gasteiger partial charge is 0.339 e. The molecule has 0 unspecified atom stereocenters. The monoisotopic (exact) mass is 270 g/mol. The second-order valence-corrected chi connectivity index (χ2v) is 5.06. The molecule has 0 atom stereocenters. The van der Waals surface area contributed by atoms with Gasteiger partial charge >= 0.3 is 5.97 Å². The molecule has 0 heterocycles. The Labute approximate surface area is 118 Å². The highest BCUT2D eigenvalue weighted by Gasteiger charge is 2.15. The van der Waals surface area contributed by atoms with Crippen molar-refractivity contribution in [3.05, 3.63) is 58.1 Å². The van der Waals surface area contributed by atoms with E-state index in [2.05, 4.69) is 6.07 Å². The SMILES string of the molecule is Cc1cc(C)c(C)c(Oc2c(C)cccc2C(=O)O)c1. The zero-order valence-electron chi connectivity index (χ0n) is 12.2. The molecule has 2 aromatic rings. The normalized spacial score (nSPS) is 10.4. The average molecular weight is 270 g/mol. The molecule has 104 valence electrons. The second-order valence-electron chi connectivity index (χ2n) is 5.06. The average Bonchev–Trinajstić information content (AvgIpc) is 2.37. The van der Waals surface area contributed by atoms with Crippen molar-refractivity contribution in [2.24, 2.45) is 0 Å². The van der Waals surface area contributed by atoms with Gasteiger partial charge in [0.05, 0.1) is 0 Å². The predicted molar refractivity (Wildman–Crippen MR) is 78.9 cm³/mol. The van der Waals surface area contributed by atoms with E-state index in [4.69, 9.17) is 4.74 Å². The van der Waals surface area contributed by atoms with E-state index in [1.165, 1.54) is 0 Å². The van der Waals surface area contributed by atoms with Crippen molar-refractivity contribution < 1.29 is 14.6 Å². The number of hydrogen-bond acceptors (Lipinski definition) is 2. The Bertz CT molecular complexity index is 672. The van der Waals surface area contributed by atoms with Gasteiger partial charge in [-0.1, -0.05) is 18.2 Å². The van der Waals surface area contributed by atoms with Crippen LogP contribution >= 0.6 is 0 Å². The van der Waals surface area contributed by atoms with Crippen LogP contribution in [0.2, 0.25) is 0 Å². The molecule has 2 rings (SSSR count). The Hall–Kier alpha value is -2.29. The summed E-state index contributed by atoms with van der Waals surface area (Å²) in [4.78, 5) is 11.3. The van der Waals surface area contributed by atoms with Crippen LogP contribution in [-0.2, 0) is 0 Å². The van der Waals surface area contributed by atoms with Gasteiger partial charge in [0.15, 0.2) is 0 Å². The Morgan fingerprint density at radius 1 is 1.05 bits per heavy atom. The Kier molecular flexibility index (Phi) is 3.79. The lowest BCUT2D eigenvalue weighted by Crippen LogP contribution is -2.02. The molecule has 0 aliphatic rings. The van der Waals surface area contributed by atoms with Crippen molar-refractivity contribution in [1.29, 1.82) is 0 Å². The Morgan fingerprint density at radius 2 is 1.75 bits per heavy atom. The molecule has 0 aliphatic carbocycles. The third-order valence-corrected chi connectivity index (χ3v) is 3.42. The minimum absolute atomic E-state index is 0.184. The van der Waals surface area contributed by atoms with E-state index in [1.54, 1.807) is 12.1 Å². The summed E-state index contributed by atoms with van der Waals surface area (Å²) in [6.07, 6.45) is 0. The van der Waals surface area contributed by atoms with Gasteiger partial charge in [-0.25, -0.2) is 4.79 Å². The highest BCUT2D eigenvalue weighted by atomic mass is 16.5. The molecule has 0 aromatic heterocycles. The molecule has 0 amide bonds. The van der Waals surface area contributed by atoms with E-state index in [1.807, 2.05) is 39.8 Å². The van der Waals surface area contributed by atoms with Crippen LogP contribution in [0.3, 0.4) is 0 Å². The van der Waals surface area contributed by atoms with Crippen molar-refractivity contribution >= 4 is 5.97 Å². The van der Waals surface area contributed by atoms with E-state index >= 15 is 0 Å². The number of carboxylic acids is 1. The molecule has 0 aliphatic heterocycles. The molecule has 0 saturated heterocycles. The lowest BCUT2D eigenvalue weighted by molar-refractivity contribution is 0.0694. The van der Waals surface area contributed by atoms with Crippen LogP contribution in [0.5, 0.6) is 11.5 Å². The molecule has 0 saturated carbocycles. The first kappa shape index (κ1) is 14.1. The zero-order valence-corrected chi connectivity index (χ0v) is 12.2. The number of hydrogen-bond donors (Lipinski definition) is 1. The van der Waals surface area contributed by atoms with E-state index in [0.717, 1.165) is 22.3 Å². The highest BCUT2D eigenvalue weighted by Crippen LogP contribution is 2.32. The molecule has 0 spiro atoms. The van der Waals surface area contributed by atoms with E-state index in [9.17, 15) is 9.90 Å². The van der Waals surface area contributed by atoms with Crippen LogP contribution in [0.15, 0.2) is 30.3 Å². The number of aryl methyl sites for hydroxylation is 3. The van der Waals surface area contributed by atoms with Crippen LogP contribution in [0, 0.1) is 27.7 Å². The van der Waals surface area contributed by atoms with Gasteiger partial charge < -0.3 is 9.84 Å². The number of ether oxygens (including phenoxy) is 1. The van der Waals surface area contributed by atoms with Gasteiger partial charge in [-0.05, 0) is 62.1 Å². The van der Waals surface area contributed by atoms with Crippen molar-refractivity contribution in [3.63, 3.8) is 0 Å². The number of carbonyl (C=O) groups is 1. The molecule has 3 nitrogen and oxygen atoms in total. The Morgan fingerprint density at radius 3 is 2.40 bits per heavy atom. The van der Waals surface area contributed by atoms with Crippen LogP contribution in [0.4, 0.5) is 0 Å². The fourth-order valence-electron chi connectivity index (χ4n) is 2.17. The van der Waals surface area contributed by atoms with Crippen molar-refractivity contribution in [2.45, 2.75) is 27.7 Å². The number of benzene rings is 2. The number of rotatable bonds is 3. The van der Waals surface area contributed by atoms with Gasteiger partial charge in [-0.15, -0.1) is 0 Å². The minimum Gasteiger partial charge on any atom is -0.478 e. The Balaban J connectivity index is 2.53. The summed E-state index contributed by atoms with van der Waals surface area (Å²) in [6, 6.07) is 9.14. The van der Waals surface area contributed by atoms with Gasteiger partial charge in [0.1, 0.15) is 17.1 Å². The third-order valence-electron chi connectivity index (χ3n) is 3.42. The van der Waals surface area contributed by atoms with Crippen LogP contribution in [0.25, 0.3) is 0 Å².